The molecule has 0 bridgehead atoms. The van der Waals surface area contributed by atoms with E-state index in [1.54, 1.807) is 6.07 Å². The number of benzene rings is 1. The molecule has 0 fully saturated rings. The number of fused-ring (bicyclic) bond motifs is 1. The largest absolute Gasteiger partial charge is 0.493 e. The van der Waals surface area contributed by atoms with Crippen molar-refractivity contribution in [2.45, 2.75) is 30.6 Å². The van der Waals surface area contributed by atoms with E-state index in [-0.39, 0.29) is 10.8 Å². The van der Waals surface area contributed by atoms with Crippen LogP contribution in [-0.4, -0.2) is 31.1 Å². The van der Waals surface area contributed by atoms with Crippen LogP contribution in [0.1, 0.15) is 31.2 Å². The zero-order valence-corrected chi connectivity index (χ0v) is 12.8. The predicted octanol–water partition coefficient (Wildman–Crippen LogP) is 2.13. The topological polar surface area (TPSA) is 75.6 Å². The first kappa shape index (κ1) is 15.2. The van der Waals surface area contributed by atoms with Gasteiger partial charge in [0, 0.05) is 6.54 Å². The van der Waals surface area contributed by atoms with Crippen LogP contribution >= 0.6 is 12.2 Å². The van der Waals surface area contributed by atoms with E-state index in [1.807, 2.05) is 6.92 Å². The van der Waals surface area contributed by atoms with Crippen LogP contribution in [0.2, 0.25) is 0 Å². The maximum Gasteiger partial charge on any atom is 0.294 e. The van der Waals surface area contributed by atoms with Crippen LogP contribution in [0.5, 0.6) is 5.75 Å². The summed E-state index contributed by atoms with van der Waals surface area (Å²) in [7, 11) is -4.19. The molecule has 0 amide bonds. The maximum atomic E-state index is 11.2. The van der Waals surface area contributed by atoms with Crippen LogP contribution in [0.25, 0.3) is 0 Å². The van der Waals surface area contributed by atoms with E-state index < -0.39 is 10.1 Å². The van der Waals surface area contributed by atoms with E-state index in [2.05, 4.69) is 5.32 Å². The van der Waals surface area contributed by atoms with Gasteiger partial charge >= 0.3 is 0 Å². The molecule has 1 heterocycles. The lowest BCUT2D eigenvalue weighted by molar-refractivity contribution is 0.263. The highest BCUT2D eigenvalue weighted by Crippen LogP contribution is 2.36. The zero-order chi connectivity index (χ0) is 14.8. The van der Waals surface area contributed by atoms with Gasteiger partial charge in [0.15, 0.2) is 0 Å². The van der Waals surface area contributed by atoms with Crippen LogP contribution in [-0.2, 0) is 10.1 Å². The molecule has 0 aliphatic carbocycles. The van der Waals surface area contributed by atoms with E-state index in [9.17, 15) is 8.42 Å². The normalized spacial score (nSPS) is 18.0. The van der Waals surface area contributed by atoms with Gasteiger partial charge in [-0.1, -0.05) is 12.2 Å². The van der Waals surface area contributed by atoms with E-state index in [4.69, 9.17) is 21.5 Å². The lowest BCUT2D eigenvalue weighted by Crippen LogP contribution is -2.23. The highest BCUT2D eigenvalue weighted by atomic mass is 32.2. The molecule has 0 radical (unpaired) electrons. The summed E-state index contributed by atoms with van der Waals surface area (Å²) in [6.45, 7) is 3.17. The van der Waals surface area contributed by atoms with Crippen molar-refractivity contribution in [2.75, 3.05) is 13.2 Å². The molecule has 1 unspecified atom stereocenters. The van der Waals surface area contributed by atoms with Crippen molar-refractivity contribution in [3.8, 4) is 5.75 Å². The fraction of sp³-hybridized carbons (Fsp3) is 0.462. The summed E-state index contributed by atoms with van der Waals surface area (Å²) in [6, 6.07) is 4.46. The third-order valence-electron chi connectivity index (χ3n) is 3.31. The molecule has 7 heteroatoms. The molecule has 110 valence electrons. The Hall–Kier alpha value is -1.18. The molecule has 1 aromatic rings. The number of thiocarbonyl (C=S) groups is 1. The fourth-order valence-electron chi connectivity index (χ4n) is 2.33. The van der Waals surface area contributed by atoms with E-state index in [0.717, 1.165) is 29.9 Å². The van der Waals surface area contributed by atoms with Crippen LogP contribution < -0.4 is 10.1 Å². The second kappa shape index (κ2) is 6.07. The lowest BCUT2D eigenvalue weighted by atomic mass is 9.90. The zero-order valence-electron chi connectivity index (χ0n) is 11.1. The van der Waals surface area contributed by atoms with Crippen LogP contribution in [0.3, 0.4) is 0 Å². The summed E-state index contributed by atoms with van der Waals surface area (Å²) in [4.78, 5) is 0.648. The Morgan fingerprint density at radius 3 is 2.95 bits per heavy atom. The molecule has 20 heavy (non-hydrogen) atoms. The molecule has 0 saturated heterocycles. The number of rotatable bonds is 4. The van der Waals surface area contributed by atoms with Crippen molar-refractivity contribution < 1.29 is 17.7 Å². The van der Waals surface area contributed by atoms with Gasteiger partial charge in [0.05, 0.1) is 16.5 Å². The molecular formula is C13H17NO4S2. The first-order valence-corrected chi connectivity index (χ1v) is 8.21. The van der Waals surface area contributed by atoms with Crippen molar-refractivity contribution >= 4 is 27.3 Å². The van der Waals surface area contributed by atoms with Gasteiger partial charge in [0.25, 0.3) is 10.1 Å². The average molecular weight is 315 g/mol. The van der Waals surface area contributed by atoms with Crippen LogP contribution in [0.15, 0.2) is 23.1 Å². The number of ether oxygens (including phenoxy) is 1. The maximum absolute atomic E-state index is 11.2. The van der Waals surface area contributed by atoms with E-state index in [0.29, 0.717) is 12.4 Å². The number of hydrogen-bond acceptors (Lipinski definition) is 4. The molecule has 5 nitrogen and oxygen atoms in total. The molecule has 2 N–H and O–H groups in total. The average Bonchev–Trinajstić information content (AvgIpc) is 2.37. The quantitative estimate of drug-likeness (QED) is 0.655. The molecule has 0 aromatic heterocycles. The Labute approximate surface area is 124 Å². The highest BCUT2D eigenvalue weighted by molar-refractivity contribution is 7.85. The summed E-state index contributed by atoms with van der Waals surface area (Å²) in [6.07, 6.45) is 1.65. The van der Waals surface area contributed by atoms with Crippen LogP contribution in [0.4, 0.5) is 0 Å². The summed E-state index contributed by atoms with van der Waals surface area (Å²) in [5.74, 6) is 0.884. The first-order valence-electron chi connectivity index (χ1n) is 6.36. The fourth-order valence-corrected chi connectivity index (χ4v) is 2.94. The van der Waals surface area contributed by atoms with Gasteiger partial charge in [-0.2, -0.15) is 8.42 Å². The molecule has 1 aliphatic heterocycles. The van der Waals surface area contributed by atoms with Gasteiger partial charge in [0.1, 0.15) is 5.75 Å². The van der Waals surface area contributed by atoms with Crippen molar-refractivity contribution in [3.05, 3.63) is 23.8 Å². The Bertz CT molecular complexity index is 613. The molecular weight excluding hydrogens is 298 g/mol. The number of nitrogens with one attached hydrogen (secondary N) is 1. The minimum Gasteiger partial charge on any atom is -0.493 e. The minimum atomic E-state index is -4.19. The van der Waals surface area contributed by atoms with Gasteiger partial charge < -0.3 is 10.1 Å². The minimum absolute atomic E-state index is 0.0919. The summed E-state index contributed by atoms with van der Waals surface area (Å²) in [5, 5.41) is 3.09. The lowest BCUT2D eigenvalue weighted by Gasteiger charge is -2.26. The van der Waals surface area contributed by atoms with E-state index in [1.165, 1.54) is 12.1 Å². The summed E-state index contributed by atoms with van der Waals surface area (Å²) >= 11 is 4.96. The predicted molar refractivity (Wildman–Crippen MR) is 80.0 cm³/mol. The Balaban J connectivity index is 2.22. The molecule has 0 spiro atoms. The third-order valence-corrected chi connectivity index (χ3v) is 4.30. The SMILES string of the molecule is CC(=S)NCCC1CCOc2ccc(S(=O)(=O)O)cc21. The Morgan fingerprint density at radius 2 is 2.30 bits per heavy atom. The van der Waals surface area contributed by atoms with Crippen molar-refractivity contribution in [2.24, 2.45) is 0 Å². The van der Waals surface area contributed by atoms with Gasteiger partial charge in [0.2, 0.25) is 0 Å². The van der Waals surface area contributed by atoms with Gasteiger partial charge in [-0.3, -0.25) is 4.55 Å². The number of hydrogen-bond donors (Lipinski definition) is 2. The first-order chi connectivity index (χ1) is 9.38. The van der Waals surface area contributed by atoms with Crippen molar-refractivity contribution in [1.29, 1.82) is 0 Å². The van der Waals surface area contributed by atoms with Crippen molar-refractivity contribution in [3.63, 3.8) is 0 Å². The van der Waals surface area contributed by atoms with Gasteiger partial charge in [-0.25, -0.2) is 0 Å². The molecule has 0 saturated carbocycles. The van der Waals surface area contributed by atoms with Gasteiger partial charge in [-0.05, 0) is 49.4 Å². The summed E-state index contributed by atoms with van der Waals surface area (Å²) < 4.78 is 37.1. The standard InChI is InChI=1S/C13H17NO4S2/c1-9(19)14-6-4-10-5-7-18-13-3-2-11(8-12(10)13)20(15,16)17/h2-3,8,10H,4-7H2,1H3,(H,14,19)(H,15,16,17). The Morgan fingerprint density at radius 1 is 1.55 bits per heavy atom. The second-order valence-electron chi connectivity index (χ2n) is 4.78. The molecule has 1 atom stereocenters. The molecule has 2 rings (SSSR count). The van der Waals surface area contributed by atoms with E-state index >= 15 is 0 Å². The van der Waals surface area contributed by atoms with Gasteiger partial charge in [-0.15, -0.1) is 0 Å². The third kappa shape index (κ3) is 3.68. The molecule has 1 aromatic carbocycles. The monoisotopic (exact) mass is 315 g/mol. The smallest absolute Gasteiger partial charge is 0.294 e. The Kier molecular flexibility index (Phi) is 4.62. The molecule has 1 aliphatic rings. The van der Waals surface area contributed by atoms with Crippen LogP contribution in [0, 0.1) is 0 Å². The highest BCUT2D eigenvalue weighted by Gasteiger charge is 2.23. The summed E-state index contributed by atoms with van der Waals surface area (Å²) in [5.41, 5.74) is 0.829. The van der Waals surface area contributed by atoms with Crippen molar-refractivity contribution in [1.82, 2.24) is 5.32 Å². The second-order valence-corrected chi connectivity index (χ2v) is 6.81.